The summed E-state index contributed by atoms with van der Waals surface area (Å²) >= 11 is 0. The molecule has 3 N–H and O–H groups in total. The third-order valence-corrected chi connectivity index (χ3v) is 5.37. The highest BCUT2D eigenvalue weighted by molar-refractivity contribution is 5.89. The van der Waals surface area contributed by atoms with Gasteiger partial charge in [-0.1, -0.05) is 45.0 Å². The summed E-state index contributed by atoms with van der Waals surface area (Å²) in [6.07, 6.45) is -3.30. The summed E-state index contributed by atoms with van der Waals surface area (Å²) in [6, 6.07) is 5.13. The fraction of sp³-hybridized carbons (Fsp3) is 0.619. The van der Waals surface area contributed by atoms with E-state index in [9.17, 15) is 22.8 Å². The largest absolute Gasteiger partial charge is 0.393 e. The lowest BCUT2D eigenvalue weighted by atomic mass is 9.81. The monoisotopic (exact) mass is 411 g/mol. The summed E-state index contributed by atoms with van der Waals surface area (Å²) in [5, 5.41) is 9.11. The molecule has 1 saturated heterocycles. The maximum atomic E-state index is 12.9. The molecule has 3 atom stereocenters. The minimum Gasteiger partial charge on any atom is -0.347 e. The molecule has 2 aliphatic rings. The fourth-order valence-corrected chi connectivity index (χ4v) is 3.69. The van der Waals surface area contributed by atoms with Crippen molar-refractivity contribution in [3.63, 3.8) is 0 Å². The van der Waals surface area contributed by atoms with Gasteiger partial charge in [0, 0.05) is 0 Å². The average Bonchev–Trinajstić information content (AvgIpc) is 3.42. The summed E-state index contributed by atoms with van der Waals surface area (Å²) in [4.78, 5) is 24.9. The minimum absolute atomic E-state index is 0.0659. The molecule has 8 heteroatoms. The summed E-state index contributed by atoms with van der Waals surface area (Å²) < 4.78 is 37.8. The molecule has 1 aromatic carbocycles. The number of carbonyl (C=O) groups excluding carboxylic acids is 2. The number of nitrogens with one attached hydrogen (secondary N) is 3. The lowest BCUT2D eigenvalue weighted by molar-refractivity contribution is -0.132. The van der Waals surface area contributed by atoms with Gasteiger partial charge in [0.25, 0.3) is 0 Å². The minimum atomic E-state index is -4.26. The average molecular weight is 411 g/mol. The predicted molar refractivity (Wildman–Crippen MR) is 103 cm³/mol. The van der Waals surface area contributed by atoms with Gasteiger partial charge in [-0.25, -0.2) is 0 Å². The Morgan fingerprint density at radius 2 is 1.79 bits per heavy atom. The van der Waals surface area contributed by atoms with Gasteiger partial charge >= 0.3 is 6.18 Å². The molecule has 1 heterocycles. The van der Waals surface area contributed by atoms with Crippen LogP contribution in [0.25, 0.3) is 0 Å². The van der Waals surface area contributed by atoms with Gasteiger partial charge in [0.05, 0.1) is 31.1 Å². The molecule has 3 rings (SSSR count). The number of hydrogen-bond acceptors (Lipinski definition) is 3. The molecular weight excluding hydrogens is 383 g/mol. The normalized spacial score (nSPS) is 24.0. The molecule has 1 aliphatic heterocycles. The molecule has 0 aromatic heterocycles. The van der Waals surface area contributed by atoms with Crippen molar-refractivity contribution in [2.45, 2.75) is 70.9 Å². The molecule has 1 aliphatic carbocycles. The Balaban J connectivity index is 1.72. The quantitative estimate of drug-likeness (QED) is 0.697. The highest BCUT2D eigenvalue weighted by atomic mass is 19.4. The van der Waals surface area contributed by atoms with Crippen LogP contribution in [-0.2, 0) is 16.0 Å². The standard InChI is InChI=1S/C21H28F3N3O2/c1-20(2,3)17(13-6-4-12(5-7-13)11-21(22,23)24)27-19(29)15-10-16(28)26-18(25-15)14-8-9-14/h4-7,14-15,17-18,25H,8-11H2,1-3H3,(H,26,28)(H,27,29)/t15?,17-,18?/m0/s1. The van der Waals surface area contributed by atoms with Crippen LogP contribution in [0, 0.1) is 11.3 Å². The van der Waals surface area contributed by atoms with Crippen molar-refractivity contribution in [2.75, 3.05) is 0 Å². The number of carbonyl (C=O) groups is 2. The van der Waals surface area contributed by atoms with Gasteiger partial charge in [-0.05, 0) is 35.3 Å². The SMILES string of the molecule is CC(C)(C)[C@@H](NC(=O)C1CC(=O)NC(C2CC2)N1)c1ccc(CC(F)(F)F)cc1. The van der Waals surface area contributed by atoms with E-state index in [0.717, 1.165) is 18.4 Å². The molecule has 5 nitrogen and oxygen atoms in total. The van der Waals surface area contributed by atoms with Crippen LogP contribution in [0.5, 0.6) is 0 Å². The van der Waals surface area contributed by atoms with Gasteiger partial charge < -0.3 is 10.6 Å². The van der Waals surface area contributed by atoms with Crippen molar-refractivity contribution < 1.29 is 22.8 Å². The van der Waals surface area contributed by atoms with E-state index in [1.807, 2.05) is 20.8 Å². The van der Waals surface area contributed by atoms with Crippen LogP contribution in [0.2, 0.25) is 0 Å². The molecular formula is C21H28F3N3O2. The van der Waals surface area contributed by atoms with Crippen molar-refractivity contribution in [3.8, 4) is 0 Å². The van der Waals surface area contributed by atoms with Crippen LogP contribution in [0.4, 0.5) is 13.2 Å². The van der Waals surface area contributed by atoms with Crippen LogP contribution in [0.1, 0.15) is 57.2 Å². The second kappa shape index (κ2) is 7.97. The molecule has 160 valence electrons. The van der Waals surface area contributed by atoms with Crippen molar-refractivity contribution in [1.82, 2.24) is 16.0 Å². The fourth-order valence-electron chi connectivity index (χ4n) is 3.69. The number of halogens is 3. The van der Waals surface area contributed by atoms with E-state index in [1.165, 1.54) is 12.1 Å². The molecule has 29 heavy (non-hydrogen) atoms. The first-order valence-electron chi connectivity index (χ1n) is 9.94. The summed E-state index contributed by atoms with van der Waals surface area (Å²) in [5.41, 5.74) is 0.544. The number of alkyl halides is 3. The van der Waals surface area contributed by atoms with Crippen LogP contribution in [0.15, 0.2) is 24.3 Å². The second-order valence-electron chi connectivity index (χ2n) is 9.15. The Kier molecular flexibility index (Phi) is 5.94. The Morgan fingerprint density at radius 3 is 2.31 bits per heavy atom. The molecule has 0 spiro atoms. The van der Waals surface area contributed by atoms with Crippen LogP contribution < -0.4 is 16.0 Å². The van der Waals surface area contributed by atoms with Gasteiger partial charge in [0.2, 0.25) is 11.8 Å². The van der Waals surface area contributed by atoms with Crippen LogP contribution >= 0.6 is 0 Å². The van der Waals surface area contributed by atoms with Gasteiger partial charge in [0.1, 0.15) is 0 Å². The Labute approximate surface area is 168 Å². The molecule has 2 fully saturated rings. The van der Waals surface area contributed by atoms with Crippen molar-refractivity contribution in [2.24, 2.45) is 11.3 Å². The molecule has 0 bridgehead atoms. The number of benzene rings is 1. The summed E-state index contributed by atoms with van der Waals surface area (Å²) in [5.74, 6) is -0.0523. The van der Waals surface area contributed by atoms with Crippen LogP contribution in [-0.4, -0.2) is 30.2 Å². The first kappa shape index (κ1) is 21.6. The highest BCUT2D eigenvalue weighted by Gasteiger charge is 2.40. The maximum absolute atomic E-state index is 12.9. The predicted octanol–water partition coefficient (Wildman–Crippen LogP) is 3.21. The first-order chi connectivity index (χ1) is 13.4. The van der Waals surface area contributed by atoms with Gasteiger partial charge in [-0.15, -0.1) is 0 Å². The van der Waals surface area contributed by atoms with E-state index in [0.29, 0.717) is 5.92 Å². The zero-order chi connectivity index (χ0) is 21.4. The van der Waals surface area contributed by atoms with Gasteiger partial charge in [-0.2, -0.15) is 13.2 Å². The smallest absolute Gasteiger partial charge is 0.347 e. The van der Waals surface area contributed by atoms with E-state index in [2.05, 4.69) is 16.0 Å². The van der Waals surface area contributed by atoms with Crippen molar-refractivity contribution >= 4 is 11.8 Å². The maximum Gasteiger partial charge on any atom is 0.393 e. The lowest BCUT2D eigenvalue weighted by Crippen LogP contribution is -2.62. The zero-order valence-corrected chi connectivity index (χ0v) is 16.9. The second-order valence-corrected chi connectivity index (χ2v) is 9.15. The van der Waals surface area contributed by atoms with E-state index < -0.39 is 24.7 Å². The summed E-state index contributed by atoms with van der Waals surface area (Å²) in [7, 11) is 0. The highest BCUT2D eigenvalue weighted by Crippen LogP contribution is 2.35. The molecule has 1 aromatic rings. The molecule has 1 saturated carbocycles. The van der Waals surface area contributed by atoms with E-state index in [1.54, 1.807) is 12.1 Å². The van der Waals surface area contributed by atoms with Gasteiger partial charge in [0.15, 0.2) is 0 Å². The van der Waals surface area contributed by atoms with Crippen molar-refractivity contribution in [3.05, 3.63) is 35.4 Å². The first-order valence-corrected chi connectivity index (χ1v) is 9.94. The summed E-state index contributed by atoms with van der Waals surface area (Å²) in [6.45, 7) is 5.86. The van der Waals surface area contributed by atoms with Gasteiger partial charge in [-0.3, -0.25) is 14.9 Å². The van der Waals surface area contributed by atoms with E-state index >= 15 is 0 Å². The number of hydrogen-bond donors (Lipinski definition) is 3. The third kappa shape index (κ3) is 5.95. The van der Waals surface area contributed by atoms with Crippen LogP contribution in [0.3, 0.4) is 0 Å². The topological polar surface area (TPSA) is 70.2 Å². The van der Waals surface area contributed by atoms with E-state index in [4.69, 9.17) is 0 Å². The lowest BCUT2D eigenvalue weighted by Gasteiger charge is -2.36. The molecule has 2 unspecified atom stereocenters. The number of rotatable bonds is 5. The third-order valence-electron chi connectivity index (χ3n) is 5.37. The number of amides is 2. The zero-order valence-electron chi connectivity index (χ0n) is 16.9. The van der Waals surface area contributed by atoms with Crippen molar-refractivity contribution in [1.29, 1.82) is 0 Å². The van der Waals surface area contributed by atoms with E-state index in [-0.39, 0.29) is 35.4 Å². The Bertz CT molecular complexity index is 752. The Morgan fingerprint density at radius 1 is 1.17 bits per heavy atom. The molecule has 0 radical (unpaired) electrons. The molecule has 2 amide bonds. The Hall–Kier alpha value is -2.09.